The lowest BCUT2D eigenvalue weighted by atomic mass is 10.2. The molecule has 1 fully saturated rings. The maximum Gasteiger partial charge on any atom is 0.251 e. The minimum absolute atomic E-state index is 0.00847. The van der Waals surface area contributed by atoms with E-state index in [2.05, 4.69) is 20.6 Å². The molecule has 1 saturated heterocycles. The number of hydrogen-bond donors (Lipinski definition) is 2. The molecular formula is C18H18N4O3S2. The number of pyridine rings is 1. The number of anilines is 1. The van der Waals surface area contributed by atoms with Crippen LogP contribution in [0.5, 0.6) is 0 Å². The smallest absolute Gasteiger partial charge is 0.251 e. The zero-order valence-electron chi connectivity index (χ0n) is 14.3. The molecule has 2 aliphatic heterocycles. The number of amides is 1. The topological polar surface area (TPSA) is 101 Å². The number of carbonyl (C=O) groups excluding carboxylic acids is 1. The zero-order valence-corrected chi connectivity index (χ0v) is 16.0. The molecule has 1 amide bonds. The van der Waals surface area contributed by atoms with E-state index in [9.17, 15) is 13.2 Å². The lowest BCUT2D eigenvalue weighted by molar-refractivity contribution is 0.0950. The lowest BCUT2D eigenvalue weighted by Crippen LogP contribution is -2.23. The van der Waals surface area contributed by atoms with Crippen molar-refractivity contribution >= 4 is 38.4 Å². The third-order valence-corrected chi connectivity index (χ3v) is 7.51. The zero-order chi connectivity index (χ0) is 18.9. The standard InChI is InChI=1S/C18H18N4O3S2/c23-17(20-9-14-3-1-2-8-19-14)12-4-6-13(7-5-12)21-18-22-15-10-27(24,25)11-16(15)26-18/h1-8,15-16H,9-11H2,(H,20,23)(H,21,22)/t15-,16-/m1/s1. The van der Waals surface area contributed by atoms with Gasteiger partial charge < -0.3 is 10.6 Å². The maximum atomic E-state index is 12.2. The van der Waals surface area contributed by atoms with Crippen LogP contribution in [0, 0.1) is 0 Å². The average Bonchev–Trinajstić information content (AvgIpc) is 3.13. The maximum absolute atomic E-state index is 12.2. The second-order valence-corrected chi connectivity index (χ2v) is 9.82. The highest BCUT2D eigenvalue weighted by Gasteiger charge is 2.42. The van der Waals surface area contributed by atoms with Crippen LogP contribution in [-0.4, -0.2) is 47.3 Å². The second kappa shape index (κ2) is 7.32. The van der Waals surface area contributed by atoms with E-state index in [0.29, 0.717) is 12.1 Å². The van der Waals surface area contributed by atoms with E-state index in [1.165, 1.54) is 11.8 Å². The number of benzene rings is 1. The molecule has 0 bridgehead atoms. The van der Waals surface area contributed by atoms with Crippen LogP contribution in [0.1, 0.15) is 16.1 Å². The number of nitrogens with zero attached hydrogens (tertiary/aromatic N) is 2. The van der Waals surface area contributed by atoms with Crippen LogP contribution >= 0.6 is 11.8 Å². The Bertz CT molecular complexity index is 975. The van der Waals surface area contributed by atoms with Gasteiger partial charge in [-0.25, -0.2) is 8.42 Å². The van der Waals surface area contributed by atoms with Crippen LogP contribution in [0.15, 0.2) is 53.7 Å². The van der Waals surface area contributed by atoms with Crippen LogP contribution in [0.4, 0.5) is 5.69 Å². The number of aromatic nitrogens is 1. The van der Waals surface area contributed by atoms with Gasteiger partial charge in [0.05, 0.1) is 29.8 Å². The minimum Gasteiger partial charge on any atom is -0.346 e. The van der Waals surface area contributed by atoms with E-state index >= 15 is 0 Å². The fourth-order valence-corrected chi connectivity index (χ4v) is 6.70. The Morgan fingerprint density at radius 2 is 1.96 bits per heavy atom. The molecule has 7 nitrogen and oxygen atoms in total. The number of aliphatic imine (C=N–C) groups is 1. The fourth-order valence-electron chi connectivity index (χ4n) is 3.02. The van der Waals surface area contributed by atoms with Gasteiger partial charge in [-0.05, 0) is 36.4 Å². The Labute approximate surface area is 161 Å². The van der Waals surface area contributed by atoms with Crippen molar-refractivity contribution in [1.82, 2.24) is 10.3 Å². The normalized spacial score (nSPS) is 22.7. The number of fused-ring (bicyclic) bond motifs is 1. The third kappa shape index (κ3) is 4.30. The van der Waals surface area contributed by atoms with Gasteiger partial charge in [0.15, 0.2) is 15.0 Å². The Balaban J connectivity index is 1.33. The molecule has 9 heteroatoms. The molecule has 4 rings (SSSR count). The molecule has 0 spiro atoms. The summed E-state index contributed by atoms with van der Waals surface area (Å²) < 4.78 is 23.2. The van der Waals surface area contributed by atoms with Crippen molar-refractivity contribution in [1.29, 1.82) is 0 Å². The molecule has 2 N–H and O–H groups in total. The van der Waals surface area contributed by atoms with Crippen molar-refractivity contribution in [3.63, 3.8) is 0 Å². The molecule has 0 radical (unpaired) electrons. The Kier molecular flexibility index (Phi) is 4.88. The Morgan fingerprint density at radius 3 is 2.67 bits per heavy atom. The SMILES string of the molecule is O=C(NCc1ccccn1)c1ccc(NC2=N[C@@H]3CS(=O)(=O)C[C@H]3S2)cc1. The summed E-state index contributed by atoms with van der Waals surface area (Å²) in [6.07, 6.45) is 1.69. The number of hydrogen-bond acceptors (Lipinski definition) is 7. The van der Waals surface area contributed by atoms with Gasteiger partial charge in [0.1, 0.15) is 0 Å². The van der Waals surface area contributed by atoms with Gasteiger partial charge in [0.25, 0.3) is 5.91 Å². The monoisotopic (exact) mass is 402 g/mol. The first-order valence-electron chi connectivity index (χ1n) is 8.49. The molecule has 0 unspecified atom stereocenters. The van der Waals surface area contributed by atoms with E-state index in [1.54, 1.807) is 18.3 Å². The number of sulfone groups is 1. The van der Waals surface area contributed by atoms with Crippen molar-refractivity contribution in [2.24, 2.45) is 4.99 Å². The minimum atomic E-state index is -2.95. The lowest BCUT2D eigenvalue weighted by Gasteiger charge is -2.08. The van der Waals surface area contributed by atoms with Crippen LogP contribution in [0.25, 0.3) is 0 Å². The number of amidine groups is 1. The highest BCUT2D eigenvalue weighted by atomic mass is 32.2. The molecule has 140 valence electrons. The molecule has 2 aromatic rings. The second-order valence-electron chi connectivity index (χ2n) is 6.44. The van der Waals surface area contributed by atoms with Crippen LogP contribution in [0.3, 0.4) is 0 Å². The van der Waals surface area contributed by atoms with Crippen molar-refractivity contribution in [2.75, 3.05) is 16.8 Å². The molecule has 3 heterocycles. The summed E-state index contributed by atoms with van der Waals surface area (Å²) in [5, 5.41) is 6.77. The third-order valence-electron chi connectivity index (χ3n) is 4.37. The van der Waals surface area contributed by atoms with Crippen LogP contribution in [0.2, 0.25) is 0 Å². The highest BCUT2D eigenvalue weighted by molar-refractivity contribution is 8.15. The van der Waals surface area contributed by atoms with E-state index in [-0.39, 0.29) is 28.7 Å². The van der Waals surface area contributed by atoms with Crippen molar-refractivity contribution < 1.29 is 13.2 Å². The summed E-state index contributed by atoms with van der Waals surface area (Å²) in [6, 6.07) is 12.5. The summed E-state index contributed by atoms with van der Waals surface area (Å²) >= 11 is 1.47. The highest BCUT2D eigenvalue weighted by Crippen LogP contribution is 2.34. The summed E-state index contributed by atoms with van der Waals surface area (Å²) in [5.74, 6) is 0.150. The van der Waals surface area contributed by atoms with Gasteiger partial charge in [-0.2, -0.15) is 0 Å². The largest absolute Gasteiger partial charge is 0.346 e. The quantitative estimate of drug-likeness (QED) is 0.807. The van der Waals surface area contributed by atoms with Crippen LogP contribution in [-0.2, 0) is 16.4 Å². The molecule has 1 aromatic heterocycles. The van der Waals surface area contributed by atoms with Gasteiger partial charge >= 0.3 is 0 Å². The molecular weight excluding hydrogens is 384 g/mol. The summed E-state index contributed by atoms with van der Waals surface area (Å²) in [6.45, 7) is 0.374. The number of nitrogens with one attached hydrogen (secondary N) is 2. The van der Waals surface area contributed by atoms with Gasteiger partial charge in [-0.15, -0.1) is 0 Å². The molecule has 2 atom stereocenters. The van der Waals surface area contributed by atoms with Crippen molar-refractivity contribution in [3.05, 3.63) is 59.9 Å². The van der Waals surface area contributed by atoms with Crippen molar-refractivity contribution in [2.45, 2.75) is 17.8 Å². The molecule has 1 aromatic carbocycles. The molecule has 0 aliphatic carbocycles. The first-order chi connectivity index (χ1) is 13.0. The predicted molar refractivity (Wildman–Crippen MR) is 107 cm³/mol. The predicted octanol–water partition coefficient (Wildman–Crippen LogP) is 1.69. The van der Waals surface area contributed by atoms with Gasteiger partial charge in [0, 0.05) is 22.7 Å². The first-order valence-corrected chi connectivity index (χ1v) is 11.2. The summed E-state index contributed by atoms with van der Waals surface area (Å²) in [5.41, 5.74) is 2.17. The Hall–Kier alpha value is -2.39. The van der Waals surface area contributed by atoms with E-state index in [1.807, 2.05) is 30.3 Å². The molecule has 27 heavy (non-hydrogen) atoms. The average molecular weight is 403 g/mol. The summed E-state index contributed by atoms with van der Waals surface area (Å²) in [7, 11) is -2.95. The van der Waals surface area contributed by atoms with Gasteiger partial charge in [-0.3, -0.25) is 14.8 Å². The number of thioether (sulfide) groups is 1. The van der Waals surface area contributed by atoms with Gasteiger partial charge in [-0.1, -0.05) is 17.8 Å². The van der Waals surface area contributed by atoms with Crippen LogP contribution < -0.4 is 10.6 Å². The number of rotatable bonds is 4. The van der Waals surface area contributed by atoms with E-state index < -0.39 is 9.84 Å². The van der Waals surface area contributed by atoms with Gasteiger partial charge in [0.2, 0.25) is 0 Å². The fraction of sp³-hybridized carbons (Fsp3) is 0.278. The molecule has 0 saturated carbocycles. The summed E-state index contributed by atoms with van der Waals surface area (Å²) in [4.78, 5) is 20.9. The first kappa shape index (κ1) is 18.0. The molecule has 2 aliphatic rings. The number of carbonyl (C=O) groups is 1. The Morgan fingerprint density at radius 1 is 1.15 bits per heavy atom. The van der Waals surface area contributed by atoms with E-state index in [4.69, 9.17) is 0 Å². The van der Waals surface area contributed by atoms with Crippen molar-refractivity contribution in [3.8, 4) is 0 Å². The van der Waals surface area contributed by atoms with E-state index in [0.717, 1.165) is 16.5 Å².